The molecular formula is C11H12N2O. The van der Waals surface area contributed by atoms with Crippen LogP contribution >= 0.6 is 0 Å². The lowest BCUT2D eigenvalue weighted by Gasteiger charge is -2.03. The Morgan fingerprint density at radius 1 is 1.36 bits per heavy atom. The summed E-state index contributed by atoms with van der Waals surface area (Å²) < 4.78 is 1.52. The Labute approximate surface area is 82.0 Å². The van der Waals surface area contributed by atoms with E-state index in [-0.39, 0.29) is 5.56 Å². The summed E-state index contributed by atoms with van der Waals surface area (Å²) in [7, 11) is 0. The molecule has 0 unspecified atom stereocenters. The van der Waals surface area contributed by atoms with Crippen LogP contribution in [0.2, 0.25) is 0 Å². The summed E-state index contributed by atoms with van der Waals surface area (Å²) in [4.78, 5) is 11.8. The maximum atomic E-state index is 11.8. The molecule has 3 heteroatoms. The Balaban J connectivity index is 2.69. The van der Waals surface area contributed by atoms with Gasteiger partial charge >= 0.3 is 0 Å². The average Bonchev–Trinajstić information content (AvgIpc) is 2.23. The molecule has 0 amide bonds. The molecule has 14 heavy (non-hydrogen) atoms. The van der Waals surface area contributed by atoms with Crippen LogP contribution in [0.4, 0.5) is 0 Å². The highest BCUT2D eigenvalue weighted by molar-refractivity contribution is 5.80. The van der Waals surface area contributed by atoms with Crippen LogP contribution in [0.5, 0.6) is 0 Å². The van der Waals surface area contributed by atoms with Crippen LogP contribution in [0, 0.1) is 0 Å². The van der Waals surface area contributed by atoms with Gasteiger partial charge in [0.05, 0.1) is 11.6 Å². The first-order chi connectivity index (χ1) is 6.83. The second-order valence-electron chi connectivity index (χ2n) is 3.26. The van der Waals surface area contributed by atoms with Gasteiger partial charge in [-0.15, -0.1) is 0 Å². The zero-order chi connectivity index (χ0) is 9.97. The van der Waals surface area contributed by atoms with Gasteiger partial charge in [-0.05, 0) is 12.5 Å². The van der Waals surface area contributed by atoms with Crippen molar-refractivity contribution in [3.63, 3.8) is 0 Å². The standard InChI is InChI=1S/C11H12N2O/c1-2-7-13-11(14)10-6-4-3-5-9(10)8-12-13/h3-6,8H,2,7H2,1H3. The van der Waals surface area contributed by atoms with E-state index < -0.39 is 0 Å². The first-order valence-electron chi connectivity index (χ1n) is 4.78. The van der Waals surface area contributed by atoms with Crippen molar-refractivity contribution >= 4 is 10.8 Å². The summed E-state index contributed by atoms with van der Waals surface area (Å²) in [6.45, 7) is 2.72. The SMILES string of the molecule is CCCn1ncc2ccccc2c1=O. The van der Waals surface area contributed by atoms with Crippen LogP contribution in [0.15, 0.2) is 35.3 Å². The van der Waals surface area contributed by atoms with E-state index in [0.717, 1.165) is 17.2 Å². The molecule has 0 fully saturated rings. The minimum absolute atomic E-state index is 0.00458. The predicted octanol–water partition coefficient (Wildman–Crippen LogP) is 1.81. The Morgan fingerprint density at radius 3 is 2.93 bits per heavy atom. The zero-order valence-corrected chi connectivity index (χ0v) is 8.10. The smallest absolute Gasteiger partial charge is 0.267 e. The molecule has 1 aromatic heterocycles. The fourth-order valence-electron chi connectivity index (χ4n) is 1.50. The minimum atomic E-state index is 0.00458. The fraction of sp³-hybridized carbons (Fsp3) is 0.273. The van der Waals surface area contributed by atoms with Crippen LogP contribution in [0.3, 0.4) is 0 Å². The summed E-state index contributed by atoms with van der Waals surface area (Å²) in [5.74, 6) is 0. The molecular weight excluding hydrogens is 176 g/mol. The molecule has 0 bridgehead atoms. The molecule has 0 saturated carbocycles. The number of aromatic nitrogens is 2. The van der Waals surface area contributed by atoms with Crippen LogP contribution in [0.1, 0.15) is 13.3 Å². The van der Waals surface area contributed by atoms with Crippen LogP contribution in [0.25, 0.3) is 10.8 Å². The molecule has 0 aliphatic heterocycles. The van der Waals surface area contributed by atoms with E-state index in [0.29, 0.717) is 6.54 Å². The van der Waals surface area contributed by atoms with E-state index in [2.05, 4.69) is 5.10 Å². The van der Waals surface area contributed by atoms with Gasteiger partial charge in [0, 0.05) is 11.9 Å². The zero-order valence-electron chi connectivity index (χ0n) is 8.10. The molecule has 0 radical (unpaired) electrons. The Morgan fingerprint density at radius 2 is 2.14 bits per heavy atom. The second-order valence-corrected chi connectivity index (χ2v) is 3.26. The van der Waals surface area contributed by atoms with Crippen molar-refractivity contribution in [1.29, 1.82) is 0 Å². The number of hydrogen-bond donors (Lipinski definition) is 0. The van der Waals surface area contributed by atoms with E-state index in [1.54, 1.807) is 6.20 Å². The largest absolute Gasteiger partial charge is 0.274 e. The van der Waals surface area contributed by atoms with Gasteiger partial charge in [-0.3, -0.25) is 4.79 Å². The third-order valence-corrected chi connectivity index (χ3v) is 2.20. The molecule has 1 heterocycles. The quantitative estimate of drug-likeness (QED) is 0.720. The number of hydrogen-bond acceptors (Lipinski definition) is 2. The number of rotatable bonds is 2. The van der Waals surface area contributed by atoms with Crippen LogP contribution < -0.4 is 5.56 Å². The number of fused-ring (bicyclic) bond motifs is 1. The topological polar surface area (TPSA) is 34.9 Å². The molecule has 0 saturated heterocycles. The lowest BCUT2D eigenvalue weighted by molar-refractivity contribution is 0.574. The highest BCUT2D eigenvalue weighted by atomic mass is 16.1. The predicted molar refractivity (Wildman–Crippen MR) is 56.3 cm³/mol. The molecule has 0 spiro atoms. The number of benzene rings is 1. The van der Waals surface area contributed by atoms with Gasteiger partial charge in [-0.25, -0.2) is 4.68 Å². The highest BCUT2D eigenvalue weighted by Crippen LogP contribution is 2.06. The Hall–Kier alpha value is -1.64. The fourth-order valence-corrected chi connectivity index (χ4v) is 1.50. The van der Waals surface area contributed by atoms with Crippen molar-refractivity contribution in [2.45, 2.75) is 19.9 Å². The van der Waals surface area contributed by atoms with Gasteiger partial charge in [0.15, 0.2) is 0 Å². The third kappa shape index (κ3) is 1.41. The summed E-state index contributed by atoms with van der Waals surface area (Å²) in [6.07, 6.45) is 2.66. The maximum Gasteiger partial charge on any atom is 0.274 e. The molecule has 2 aromatic rings. The molecule has 1 aromatic carbocycles. The van der Waals surface area contributed by atoms with Gasteiger partial charge in [0.2, 0.25) is 0 Å². The maximum absolute atomic E-state index is 11.8. The van der Waals surface area contributed by atoms with E-state index in [1.807, 2.05) is 31.2 Å². The Kier molecular flexibility index (Phi) is 2.31. The molecule has 2 rings (SSSR count). The number of nitrogens with zero attached hydrogens (tertiary/aromatic N) is 2. The van der Waals surface area contributed by atoms with Crippen molar-refractivity contribution in [2.75, 3.05) is 0 Å². The highest BCUT2D eigenvalue weighted by Gasteiger charge is 2.01. The monoisotopic (exact) mass is 188 g/mol. The summed E-state index contributed by atoms with van der Waals surface area (Å²) in [5.41, 5.74) is 0.00458. The number of aryl methyl sites for hydroxylation is 1. The Bertz CT molecular complexity index is 502. The summed E-state index contributed by atoms with van der Waals surface area (Å²) in [5, 5.41) is 5.75. The summed E-state index contributed by atoms with van der Waals surface area (Å²) >= 11 is 0. The lowest BCUT2D eigenvalue weighted by Crippen LogP contribution is -2.22. The van der Waals surface area contributed by atoms with Gasteiger partial charge in [-0.1, -0.05) is 25.1 Å². The van der Waals surface area contributed by atoms with Crippen LogP contribution in [-0.4, -0.2) is 9.78 Å². The average molecular weight is 188 g/mol. The van der Waals surface area contributed by atoms with E-state index in [4.69, 9.17) is 0 Å². The molecule has 3 nitrogen and oxygen atoms in total. The van der Waals surface area contributed by atoms with E-state index in [9.17, 15) is 4.79 Å². The first-order valence-corrected chi connectivity index (χ1v) is 4.78. The van der Waals surface area contributed by atoms with Crippen molar-refractivity contribution < 1.29 is 0 Å². The van der Waals surface area contributed by atoms with Gasteiger partial charge in [-0.2, -0.15) is 5.10 Å². The molecule has 72 valence electrons. The molecule has 0 aliphatic carbocycles. The third-order valence-electron chi connectivity index (χ3n) is 2.20. The second kappa shape index (κ2) is 3.62. The molecule has 0 atom stereocenters. The molecule has 0 N–H and O–H groups in total. The summed E-state index contributed by atoms with van der Waals surface area (Å²) in [6, 6.07) is 7.53. The van der Waals surface area contributed by atoms with Crippen molar-refractivity contribution in [3.05, 3.63) is 40.8 Å². The first kappa shape index (κ1) is 8.94. The van der Waals surface area contributed by atoms with Gasteiger partial charge in [0.25, 0.3) is 5.56 Å². The van der Waals surface area contributed by atoms with Crippen molar-refractivity contribution in [2.24, 2.45) is 0 Å². The van der Waals surface area contributed by atoms with Crippen molar-refractivity contribution in [1.82, 2.24) is 9.78 Å². The van der Waals surface area contributed by atoms with E-state index >= 15 is 0 Å². The van der Waals surface area contributed by atoms with Gasteiger partial charge in [0.1, 0.15) is 0 Å². The van der Waals surface area contributed by atoms with Crippen molar-refractivity contribution in [3.8, 4) is 0 Å². The normalized spacial score (nSPS) is 10.6. The van der Waals surface area contributed by atoms with E-state index in [1.165, 1.54) is 4.68 Å². The molecule has 0 aliphatic rings. The van der Waals surface area contributed by atoms with Crippen LogP contribution in [-0.2, 0) is 6.54 Å². The minimum Gasteiger partial charge on any atom is -0.267 e. The lowest BCUT2D eigenvalue weighted by atomic mass is 10.2. The van der Waals surface area contributed by atoms with Gasteiger partial charge < -0.3 is 0 Å².